The molecule has 41 heavy (non-hydrogen) atoms. The van der Waals surface area contributed by atoms with Crippen LogP contribution in [0, 0.1) is 0 Å². The van der Waals surface area contributed by atoms with Gasteiger partial charge in [-0.2, -0.15) is 0 Å². The summed E-state index contributed by atoms with van der Waals surface area (Å²) in [6, 6.07) is 10.3. The lowest BCUT2D eigenvalue weighted by Crippen LogP contribution is -2.09. The van der Waals surface area contributed by atoms with E-state index in [2.05, 4.69) is 58.2 Å². The molecule has 0 fully saturated rings. The molecule has 0 saturated heterocycles. The number of hydrogen-bond acceptors (Lipinski definition) is 7. The van der Waals surface area contributed by atoms with Gasteiger partial charge in [-0.05, 0) is 5.56 Å². The van der Waals surface area contributed by atoms with E-state index in [0.29, 0.717) is 0 Å². The van der Waals surface area contributed by atoms with Crippen molar-refractivity contribution in [2.75, 3.05) is 0 Å². The largest absolute Gasteiger partial charge is 0.473 e. The Balaban J connectivity index is 0.000000255. The van der Waals surface area contributed by atoms with E-state index in [1.165, 1.54) is 5.56 Å². The number of nitrogens with one attached hydrogen (secondary N) is 2. The molecule has 0 atom stereocenters. The number of aliphatic carboxylic acids is 2. The fraction of sp³-hybridized carbons (Fsp3) is 0.0741. The van der Waals surface area contributed by atoms with E-state index < -0.39 is 11.9 Å². The zero-order valence-corrected chi connectivity index (χ0v) is 22.3. The second-order valence-corrected chi connectivity index (χ2v) is 7.27. The van der Waals surface area contributed by atoms with E-state index in [1.54, 1.807) is 79.5 Å². The first-order chi connectivity index (χ1) is 19.9. The van der Waals surface area contributed by atoms with Gasteiger partial charge in [0.2, 0.25) is 0 Å². The van der Waals surface area contributed by atoms with Crippen molar-refractivity contribution in [3.8, 4) is 0 Å². The molecule has 0 aliphatic rings. The monoisotopic (exact) mass is 560 g/mol. The summed E-state index contributed by atoms with van der Waals surface area (Å²) in [5.74, 6) is -3.65. The predicted octanol–water partition coefficient (Wildman–Crippen LogP) is 3.31. The Labute approximate surface area is 236 Å². The Morgan fingerprint density at radius 3 is 1.63 bits per heavy atom. The Bertz CT molecular complexity index is 1300. The normalized spacial score (nSPS) is 8.71. The van der Waals surface area contributed by atoms with Crippen LogP contribution in [0.25, 0.3) is 6.20 Å². The molecule has 5 heterocycles. The van der Waals surface area contributed by atoms with E-state index in [4.69, 9.17) is 19.8 Å². The molecule has 0 amide bonds. The third-order valence-electron chi connectivity index (χ3n) is 4.13. The number of carbonyl (C=O) groups is 2. The molecule has 14 nitrogen and oxygen atoms in total. The molecule has 6 rings (SSSR count). The van der Waals surface area contributed by atoms with E-state index >= 15 is 0 Å². The first-order valence-electron chi connectivity index (χ1n) is 11.8. The van der Waals surface area contributed by atoms with E-state index in [0.717, 1.165) is 6.54 Å². The predicted molar refractivity (Wildman–Crippen MR) is 152 cm³/mol. The third kappa shape index (κ3) is 18.8. The smallest absolute Gasteiger partial charge is 0.414 e. The quantitative estimate of drug-likeness (QED) is 0.236. The van der Waals surface area contributed by atoms with Gasteiger partial charge in [-0.15, -0.1) is 0 Å². The van der Waals surface area contributed by atoms with E-state index in [9.17, 15) is 0 Å². The number of nitrogens with zero attached hydrogens (tertiary/aromatic N) is 8. The van der Waals surface area contributed by atoms with Crippen molar-refractivity contribution in [2.45, 2.75) is 6.54 Å². The molecule has 6 aromatic rings. The second kappa shape index (κ2) is 22.0. The van der Waals surface area contributed by atoms with Gasteiger partial charge >= 0.3 is 11.9 Å². The maximum atomic E-state index is 9.10. The number of benzene rings is 1. The topological polar surface area (TPSA) is 185 Å². The minimum absolute atomic E-state index is 0.904. The highest BCUT2D eigenvalue weighted by atomic mass is 16.4. The fourth-order valence-corrected chi connectivity index (χ4v) is 2.31. The van der Waals surface area contributed by atoms with Crippen molar-refractivity contribution in [1.82, 2.24) is 48.6 Å². The summed E-state index contributed by atoms with van der Waals surface area (Å²) in [5.41, 5.74) is 1.30. The number of hydrogen-bond donors (Lipinski definition) is 4. The Kier molecular flexibility index (Phi) is 17.7. The lowest BCUT2D eigenvalue weighted by molar-refractivity contribution is -0.159. The van der Waals surface area contributed by atoms with Crippen LogP contribution in [0.5, 0.6) is 0 Å². The molecule has 0 bridgehead atoms. The maximum absolute atomic E-state index is 9.10. The maximum Gasteiger partial charge on any atom is 0.414 e. The highest BCUT2D eigenvalue weighted by Gasteiger charge is 2.04. The summed E-state index contributed by atoms with van der Waals surface area (Å²) in [5, 5.41) is 14.8. The van der Waals surface area contributed by atoms with Crippen LogP contribution < -0.4 is 0 Å². The Morgan fingerprint density at radius 2 is 1.34 bits per heavy atom. The molecule has 14 heteroatoms. The zero-order valence-electron chi connectivity index (χ0n) is 22.3. The Hall–Kier alpha value is -6.05. The van der Waals surface area contributed by atoms with Crippen LogP contribution in [0.1, 0.15) is 5.56 Å². The van der Waals surface area contributed by atoms with E-state index in [1.807, 2.05) is 54.7 Å². The van der Waals surface area contributed by atoms with Crippen molar-refractivity contribution in [1.29, 1.82) is 0 Å². The lowest BCUT2D eigenvalue weighted by atomic mass is 10.2. The number of H-pyrrole nitrogens is 2. The number of carboxylic acids is 2. The van der Waals surface area contributed by atoms with Gasteiger partial charge < -0.3 is 33.9 Å². The number of rotatable bonds is 3. The Morgan fingerprint density at radius 1 is 0.780 bits per heavy atom. The minimum Gasteiger partial charge on any atom is -0.473 e. The number of imidazole rings is 5. The summed E-state index contributed by atoms with van der Waals surface area (Å²) in [6.45, 7) is 4.43. The average Bonchev–Trinajstić information content (AvgIpc) is 3.82. The van der Waals surface area contributed by atoms with Crippen LogP contribution in [-0.2, 0) is 23.2 Å². The molecule has 214 valence electrons. The van der Waals surface area contributed by atoms with E-state index in [-0.39, 0.29) is 0 Å². The SMILES string of the molecule is C=Cn1ccnc1.Cn1ccnc1.O=C(O)C(=O)O.c1c[nH]cn1.c1c[nH]cn1.c1ccc(Cn2ccnc2)cc1. The molecule has 0 aliphatic carbocycles. The van der Waals surface area contributed by atoms with Crippen LogP contribution >= 0.6 is 0 Å². The van der Waals surface area contributed by atoms with Gasteiger partial charge in [-0.25, -0.2) is 34.5 Å². The standard InChI is InChI=1S/C10H10N2.C5H6N2.C4H6N2.2C3H4N2.C2H2O4/c1-2-4-10(5-3-1)8-12-7-6-11-9-12;1-2-7-4-3-6-5-7;1-6-3-2-5-4-6;2*1-2-5-3-4-1;3-1(4)2(5)6/h1-7,9H,8H2;2-5H,1H2;2-4H,1H3;2*1-3H,(H,4,5);(H,3,4)(H,5,6). The van der Waals surface area contributed by atoms with Crippen LogP contribution in [0.15, 0.2) is 131 Å². The molecule has 0 spiro atoms. The first kappa shape index (κ1) is 33.0. The van der Waals surface area contributed by atoms with Gasteiger partial charge in [-0.1, -0.05) is 36.9 Å². The minimum atomic E-state index is -1.82. The van der Waals surface area contributed by atoms with Crippen molar-refractivity contribution in [3.05, 3.63) is 136 Å². The molecule has 0 saturated carbocycles. The van der Waals surface area contributed by atoms with Crippen molar-refractivity contribution >= 4 is 18.1 Å². The molecule has 4 N–H and O–H groups in total. The van der Waals surface area contributed by atoms with Gasteiger partial charge in [0.1, 0.15) is 0 Å². The van der Waals surface area contributed by atoms with Gasteiger partial charge in [0.15, 0.2) is 0 Å². The summed E-state index contributed by atoms with van der Waals surface area (Å²) in [4.78, 5) is 42.6. The highest BCUT2D eigenvalue weighted by molar-refractivity contribution is 6.27. The molecule has 0 aliphatic heterocycles. The van der Waals surface area contributed by atoms with Gasteiger partial charge in [0, 0.05) is 81.8 Å². The summed E-state index contributed by atoms with van der Waals surface area (Å²) in [6.07, 6.45) is 28.1. The van der Waals surface area contributed by atoms with Crippen molar-refractivity contribution in [3.63, 3.8) is 0 Å². The van der Waals surface area contributed by atoms with Crippen LogP contribution in [0.3, 0.4) is 0 Å². The number of aryl methyl sites for hydroxylation is 1. The average molecular weight is 561 g/mol. The van der Waals surface area contributed by atoms with Crippen LogP contribution in [0.2, 0.25) is 0 Å². The van der Waals surface area contributed by atoms with Gasteiger partial charge in [0.25, 0.3) is 0 Å². The summed E-state index contributed by atoms with van der Waals surface area (Å²) >= 11 is 0. The van der Waals surface area contributed by atoms with Crippen molar-refractivity contribution in [2.24, 2.45) is 7.05 Å². The van der Waals surface area contributed by atoms with Crippen molar-refractivity contribution < 1.29 is 19.8 Å². The third-order valence-corrected chi connectivity index (χ3v) is 4.13. The number of aromatic nitrogens is 10. The molecule has 0 radical (unpaired) electrons. The molecular formula is C27H32N10O4. The lowest BCUT2D eigenvalue weighted by Gasteiger charge is -2.00. The van der Waals surface area contributed by atoms with Crippen LogP contribution in [-0.4, -0.2) is 70.7 Å². The van der Waals surface area contributed by atoms with Gasteiger partial charge in [0.05, 0.1) is 31.6 Å². The fourth-order valence-electron chi connectivity index (χ4n) is 2.31. The number of carboxylic acid groups (broad SMARTS) is 2. The summed E-state index contributed by atoms with van der Waals surface area (Å²) in [7, 11) is 1.94. The summed E-state index contributed by atoms with van der Waals surface area (Å²) < 4.78 is 5.72. The van der Waals surface area contributed by atoms with Crippen LogP contribution in [0.4, 0.5) is 0 Å². The molecule has 1 aromatic carbocycles. The molecule has 5 aromatic heterocycles. The van der Waals surface area contributed by atoms with Gasteiger partial charge in [-0.3, -0.25) is 0 Å². The highest BCUT2D eigenvalue weighted by Crippen LogP contribution is 2.00. The first-order valence-corrected chi connectivity index (χ1v) is 11.8. The second-order valence-electron chi connectivity index (χ2n) is 7.27. The molecular weight excluding hydrogens is 528 g/mol. The molecule has 0 unspecified atom stereocenters. The zero-order chi connectivity index (χ0) is 30.0. The number of aromatic amines is 2.